The number of methoxy groups -OCH3 is 3. The number of Topliss-reactive ketones (excluding diaryl/α,β-unsaturated/α-hetero) is 1. The maximum Gasteiger partial charge on any atom is 0.311 e. The molecule has 78 heavy (non-hydrogen) atoms. The number of benzene rings is 1. The summed E-state index contributed by atoms with van der Waals surface area (Å²) in [6.07, 6.45) is -12.3. The van der Waals surface area contributed by atoms with Gasteiger partial charge in [-0.15, -0.1) is 0 Å². The molecule has 3 N–H and O–H groups in total. The zero-order valence-electron chi connectivity index (χ0n) is 48.8. The van der Waals surface area contributed by atoms with Gasteiger partial charge in [-0.3, -0.25) is 19.3 Å². The maximum atomic E-state index is 15.4. The van der Waals surface area contributed by atoms with Crippen LogP contribution in [-0.2, 0) is 73.1 Å². The fraction of sp³-hybridized carbons (Fsp3) is 0.828. The first-order valence-electron chi connectivity index (χ1n) is 27.7. The van der Waals surface area contributed by atoms with Crippen LogP contribution in [0.3, 0.4) is 0 Å². The highest BCUT2D eigenvalue weighted by atomic mass is 16.7. The Morgan fingerprint density at radius 3 is 2.06 bits per heavy atom. The zero-order chi connectivity index (χ0) is 57.2. The minimum atomic E-state index is -2.03. The summed E-state index contributed by atoms with van der Waals surface area (Å²) in [5.74, 6) is -6.29. The molecule has 1 aromatic rings. The lowest BCUT2D eigenvalue weighted by molar-refractivity contribution is -0.305. The molecule has 0 radical (unpaired) electrons. The Labute approximate surface area is 464 Å². The average molecular weight is 1110 g/mol. The highest BCUT2D eigenvalue weighted by Crippen LogP contribution is 2.40. The largest absolute Gasteiger partial charge is 0.497 e. The van der Waals surface area contributed by atoms with Crippen LogP contribution in [0.1, 0.15) is 129 Å². The molecule has 4 fully saturated rings. The normalized spacial score (nSPS) is 39.8. The van der Waals surface area contributed by atoms with Gasteiger partial charge in [-0.1, -0.05) is 73.2 Å². The van der Waals surface area contributed by atoms with E-state index in [0.29, 0.717) is 25.2 Å². The van der Waals surface area contributed by atoms with E-state index in [1.54, 1.807) is 34.8 Å². The van der Waals surface area contributed by atoms with E-state index in [1.807, 2.05) is 72.7 Å². The van der Waals surface area contributed by atoms with Crippen LogP contribution in [-0.4, -0.2) is 183 Å². The van der Waals surface area contributed by atoms with E-state index in [4.69, 9.17) is 56.9 Å². The van der Waals surface area contributed by atoms with E-state index in [-0.39, 0.29) is 51.4 Å². The van der Waals surface area contributed by atoms with E-state index in [9.17, 15) is 20.1 Å². The number of aliphatic hydroxyl groups is 3. The second-order valence-electron chi connectivity index (χ2n) is 23.1. The smallest absolute Gasteiger partial charge is 0.311 e. The fourth-order valence-electron chi connectivity index (χ4n) is 11.8. The number of hydrogen-bond donors (Lipinski definition) is 3. The molecule has 4 aliphatic rings. The van der Waals surface area contributed by atoms with Gasteiger partial charge in [0.1, 0.15) is 55.1 Å². The van der Waals surface area contributed by atoms with E-state index in [2.05, 4.69) is 17.0 Å². The van der Waals surface area contributed by atoms with Gasteiger partial charge in [-0.2, -0.15) is 0 Å². The first kappa shape index (κ1) is 67.1. The summed E-state index contributed by atoms with van der Waals surface area (Å²) in [6.45, 7) is 24.5. The number of ketones is 1. The van der Waals surface area contributed by atoms with Crippen molar-refractivity contribution in [2.45, 2.75) is 227 Å². The van der Waals surface area contributed by atoms with Gasteiger partial charge in [-0.25, -0.2) is 0 Å². The molecular formula is C58H98N2O18. The Hall–Kier alpha value is -3.38. The average Bonchev–Trinajstić information content (AvgIpc) is 3.51. The monoisotopic (exact) mass is 1110 g/mol. The van der Waals surface area contributed by atoms with Gasteiger partial charge in [0.05, 0.1) is 61.8 Å². The van der Waals surface area contributed by atoms with Crippen LogP contribution >= 0.6 is 0 Å². The number of ether oxygens (including phenoxy) is 11. The van der Waals surface area contributed by atoms with Gasteiger partial charge in [0, 0.05) is 70.4 Å². The van der Waals surface area contributed by atoms with Crippen LogP contribution in [0.5, 0.6) is 5.75 Å². The van der Waals surface area contributed by atoms with E-state index in [1.165, 1.54) is 28.3 Å². The Bertz CT molecular complexity index is 2040. The van der Waals surface area contributed by atoms with Crippen molar-refractivity contribution in [1.82, 2.24) is 4.90 Å². The standard InChI is InChI=1S/C57H94N2O18.CH4/c1-29(2)22-43(60)74-49-36(9)48(31(4)28-70-56-52(68-16)51(67-15)45(61)39(12)73-56)76-54(64)38(11)50(75-44-23-32(5)59(26-34(7)71-44)27-40-18-20-41(66-14)21-19-40)35(8)47(30(3)25-57(13,65)53(63)37(49)10)77-55-46(62)42(58-69-17)24-33(6)72-55;/h18-21,29-39,44-52,55-56,61-62,65H,22-28H2,1-17H3;1H4/b58-42+;/t30-,31-,32?,33+,34-,35+,36-,37+,38+,39+,44-,45+,46+,47-,48+,49+,50-,51+,52+,55-,56+,57-;/m0./s1. The minimum Gasteiger partial charge on any atom is -0.497 e. The summed E-state index contributed by atoms with van der Waals surface area (Å²) in [4.78, 5) is 51.6. The lowest BCUT2D eigenvalue weighted by atomic mass is 9.74. The number of aliphatic hydroxyl groups excluding tert-OH is 2. The third-order valence-corrected chi connectivity index (χ3v) is 16.0. The van der Waals surface area contributed by atoms with Crippen LogP contribution < -0.4 is 4.74 Å². The second-order valence-corrected chi connectivity index (χ2v) is 23.1. The molecule has 0 amide bonds. The Morgan fingerprint density at radius 1 is 0.808 bits per heavy atom. The number of cyclic esters (lactones) is 1. The van der Waals surface area contributed by atoms with Crippen LogP contribution in [0.2, 0.25) is 0 Å². The number of rotatable bonds is 17. The van der Waals surface area contributed by atoms with E-state index >= 15 is 9.59 Å². The molecule has 4 heterocycles. The lowest BCUT2D eigenvalue weighted by Crippen LogP contribution is -2.59. The van der Waals surface area contributed by atoms with Crippen molar-refractivity contribution in [2.24, 2.45) is 46.6 Å². The summed E-state index contributed by atoms with van der Waals surface area (Å²) in [6, 6.07) is 7.88. The van der Waals surface area contributed by atoms with Gasteiger partial charge in [-0.05, 0) is 77.5 Å². The molecule has 4 aliphatic heterocycles. The number of nitrogens with zero attached hydrogens (tertiary/aromatic N) is 2. The van der Waals surface area contributed by atoms with Crippen molar-refractivity contribution >= 4 is 23.4 Å². The molecule has 0 spiro atoms. The summed E-state index contributed by atoms with van der Waals surface area (Å²) >= 11 is 0. The Balaban J connectivity index is 0.0000131. The molecule has 0 aliphatic carbocycles. The van der Waals surface area contributed by atoms with Crippen LogP contribution in [0, 0.1) is 41.4 Å². The van der Waals surface area contributed by atoms with Crippen molar-refractivity contribution in [3.8, 4) is 5.75 Å². The molecule has 0 aromatic heterocycles. The molecule has 5 rings (SSSR count). The topological polar surface area (TPSA) is 238 Å². The summed E-state index contributed by atoms with van der Waals surface area (Å²) in [5, 5.41) is 39.2. The summed E-state index contributed by atoms with van der Waals surface area (Å²) < 4.78 is 69.2. The molecular weight excluding hydrogens is 1010 g/mol. The zero-order valence-corrected chi connectivity index (χ0v) is 48.8. The van der Waals surface area contributed by atoms with Crippen molar-refractivity contribution in [1.29, 1.82) is 0 Å². The number of hydrogen-bond acceptors (Lipinski definition) is 20. The molecule has 22 atom stereocenters. The number of esters is 2. The predicted molar refractivity (Wildman–Crippen MR) is 290 cm³/mol. The van der Waals surface area contributed by atoms with Gasteiger partial charge in [0.2, 0.25) is 0 Å². The van der Waals surface area contributed by atoms with Crippen LogP contribution in [0.15, 0.2) is 29.4 Å². The SMILES string of the molecule is C.CO/N=C1\C[C@@H](C)O[C@@H](O[C@@H]2[C@@H](C)[C@H](O[C@H]3CC(C)N(Cc4ccc(OC)cc4)C[C@H](C)O3)[C@@H](C)C(=O)O[C@H]([C@@H](C)CO[C@@H]3O[C@H](C)[C@@H](O)[C@@H](OC)[C@H]3OC)[C@H](C)[C@@H](OC(=O)CC(C)C)[C@@H](C)C(=O)[C@@](C)(O)C[C@@H]2C)[C@@H]1O. The van der Waals surface area contributed by atoms with Gasteiger partial charge >= 0.3 is 11.9 Å². The molecule has 20 nitrogen and oxygen atoms in total. The summed E-state index contributed by atoms with van der Waals surface area (Å²) in [7, 11) is 5.94. The Morgan fingerprint density at radius 2 is 1.46 bits per heavy atom. The second kappa shape index (κ2) is 30.1. The molecule has 0 saturated carbocycles. The molecule has 0 bridgehead atoms. The van der Waals surface area contributed by atoms with Crippen molar-refractivity contribution in [3.63, 3.8) is 0 Å². The van der Waals surface area contributed by atoms with Crippen LogP contribution in [0.25, 0.3) is 0 Å². The maximum absolute atomic E-state index is 15.4. The molecule has 1 aromatic carbocycles. The molecule has 1 unspecified atom stereocenters. The van der Waals surface area contributed by atoms with Gasteiger partial charge < -0.3 is 72.3 Å². The highest BCUT2D eigenvalue weighted by Gasteiger charge is 2.51. The van der Waals surface area contributed by atoms with E-state index < -0.39 is 139 Å². The van der Waals surface area contributed by atoms with Crippen molar-refractivity contribution < 1.29 is 86.6 Å². The van der Waals surface area contributed by atoms with Gasteiger partial charge in [0.15, 0.2) is 24.7 Å². The Kier molecular flexibility index (Phi) is 25.9. The number of carbonyl (C=O) groups is 3. The molecule has 4 saturated heterocycles. The molecule has 448 valence electrons. The molecule has 20 heteroatoms. The van der Waals surface area contributed by atoms with Crippen LogP contribution in [0.4, 0.5) is 0 Å². The minimum absolute atomic E-state index is 0. The quantitative estimate of drug-likeness (QED) is 0.112. The third-order valence-electron chi connectivity index (χ3n) is 16.0. The fourth-order valence-corrected chi connectivity index (χ4v) is 11.8. The first-order chi connectivity index (χ1) is 36.2. The number of carbonyl (C=O) groups excluding carboxylic acids is 3. The lowest BCUT2D eigenvalue weighted by Gasteiger charge is -2.44. The third kappa shape index (κ3) is 17.1. The van der Waals surface area contributed by atoms with Crippen molar-refractivity contribution in [2.75, 3.05) is 41.6 Å². The summed E-state index contributed by atoms with van der Waals surface area (Å²) in [5.41, 5.74) is -0.634. The first-order valence-corrected chi connectivity index (χ1v) is 27.7. The van der Waals surface area contributed by atoms with E-state index in [0.717, 1.165) is 11.3 Å². The van der Waals surface area contributed by atoms with Gasteiger partial charge in [0.25, 0.3) is 0 Å². The predicted octanol–water partition coefficient (Wildman–Crippen LogP) is 6.49. The number of oxime groups is 1. The highest BCUT2D eigenvalue weighted by molar-refractivity contribution is 5.90. The van der Waals surface area contributed by atoms with Crippen molar-refractivity contribution in [3.05, 3.63) is 29.8 Å².